The first-order valence-electron chi connectivity index (χ1n) is 5.50. The van der Waals surface area contributed by atoms with Gasteiger partial charge in [0.15, 0.2) is 0 Å². The fourth-order valence-electron chi connectivity index (χ4n) is 1.64. The summed E-state index contributed by atoms with van der Waals surface area (Å²) in [6, 6.07) is 10.1. The van der Waals surface area contributed by atoms with Gasteiger partial charge in [0, 0.05) is 12.2 Å². The maximum absolute atomic E-state index is 3.87. The summed E-state index contributed by atoms with van der Waals surface area (Å²) in [4.78, 5) is 0. The van der Waals surface area contributed by atoms with Crippen LogP contribution < -0.4 is 5.32 Å². The fraction of sp³-hybridized carbons (Fsp3) is 0.0833. The van der Waals surface area contributed by atoms with E-state index in [-0.39, 0.29) is 0 Å². The third kappa shape index (κ3) is 2.38. The van der Waals surface area contributed by atoms with Crippen LogP contribution in [-0.4, -0.2) is 20.2 Å². The van der Waals surface area contributed by atoms with Gasteiger partial charge < -0.3 is 5.32 Å². The Morgan fingerprint density at radius 2 is 2.28 bits per heavy atom. The molecule has 2 aromatic heterocycles. The molecule has 0 aliphatic heterocycles. The molecule has 0 saturated heterocycles. The number of rotatable bonds is 4. The number of tetrazole rings is 1. The van der Waals surface area contributed by atoms with Crippen LogP contribution >= 0.6 is 11.3 Å². The maximum Gasteiger partial charge on any atom is 0.143 e. The highest BCUT2D eigenvalue weighted by atomic mass is 32.1. The van der Waals surface area contributed by atoms with Gasteiger partial charge in [0.25, 0.3) is 0 Å². The van der Waals surface area contributed by atoms with Crippen LogP contribution in [0.5, 0.6) is 0 Å². The second kappa shape index (κ2) is 4.97. The topological polar surface area (TPSA) is 55.6 Å². The molecule has 0 atom stereocenters. The predicted molar refractivity (Wildman–Crippen MR) is 70.8 cm³/mol. The van der Waals surface area contributed by atoms with Crippen LogP contribution in [0.25, 0.3) is 5.69 Å². The van der Waals surface area contributed by atoms with Gasteiger partial charge in [0.1, 0.15) is 6.33 Å². The van der Waals surface area contributed by atoms with E-state index in [0.29, 0.717) is 0 Å². The van der Waals surface area contributed by atoms with E-state index in [1.165, 1.54) is 5.56 Å². The van der Waals surface area contributed by atoms with E-state index in [4.69, 9.17) is 0 Å². The monoisotopic (exact) mass is 257 g/mol. The molecule has 18 heavy (non-hydrogen) atoms. The number of nitrogens with zero attached hydrogens (tertiary/aromatic N) is 4. The Labute approximate surface area is 108 Å². The first kappa shape index (κ1) is 10.9. The SMILES string of the molecule is c1cc(NCc2ccsc2)cc(-n2cnnn2)c1. The molecule has 0 aliphatic rings. The van der Waals surface area contributed by atoms with Gasteiger partial charge >= 0.3 is 0 Å². The molecule has 0 bridgehead atoms. The average Bonchev–Trinajstić information content (AvgIpc) is 3.10. The molecule has 2 heterocycles. The lowest BCUT2D eigenvalue weighted by atomic mass is 10.2. The molecule has 0 saturated carbocycles. The van der Waals surface area contributed by atoms with E-state index in [1.807, 2.05) is 24.3 Å². The fourth-order valence-corrected chi connectivity index (χ4v) is 2.30. The minimum atomic E-state index is 0.822. The van der Waals surface area contributed by atoms with Crippen LogP contribution in [0.2, 0.25) is 0 Å². The zero-order valence-corrected chi connectivity index (χ0v) is 10.3. The highest BCUT2D eigenvalue weighted by Gasteiger charge is 1.99. The summed E-state index contributed by atoms with van der Waals surface area (Å²) < 4.78 is 1.63. The van der Waals surface area contributed by atoms with Crippen molar-refractivity contribution < 1.29 is 0 Å². The van der Waals surface area contributed by atoms with Crippen molar-refractivity contribution in [3.8, 4) is 5.69 Å². The van der Waals surface area contributed by atoms with Crippen molar-refractivity contribution in [1.29, 1.82) is 0 Å². The minimum Gasteiger partial charge on any atom is -0.381 e. The molecule has 0 radical (unpaired) electrons. The molecule has 6 heteroatoms. The third-order valence-corrected chi connectivity index (χ3v) is 3.27. The van der Waals surface area contributed by atoms with Gasteiger partial charge in [-0.2, -0.15) is 11.3 Å². The van der Waals surface area contributed by atoms with E-state index in [0.717, 1.165) is 17.9 Å². The van der Waals surface area contributed by atoms with Gasteiger partial charge in [-0.05, 0) is 51.0 Å². The molecule has 1 N–H and O–H groups in total. The van der Waals surface area contributed by atoms with Crippen molar-refractivity contribution in [1.82, 2.24) is 20.2 Å². The van der Waals surface area contributed by atoms with Crippen LogP contribution in [0.3, 0.4) is 0 Å². The Kier molecular flexibility index (Phi) is 3.01. The van der Waals surface area contributed by atoms with E-state index < -0.39 is 0 Å². The number of thiophene rings is 1. The number of benzene rings is 1. The van der Waals surface area contributed by atoms with Crippen molar-refractivity contribution >= 4 is 17.0 Å². The van der Waals surface area contributed by atoms with Gasteiger partial charge in [-0.25, -0.2) is 4.68 Å². The molecule has 3 rings (SSSR count). The van der Waals surface area contributed by atoms with Gasteiger partial charge in [-0.15, -0.1) is 5.10 Å². The summed E-state index contributed by atoms with van der Waals surface area (Å²) in [5.74, 6) is 0. The van der Waals surface area contributed by atoms with Gasteiger partial charge in [0.05, 0.1) is 5.69 Å². The molecular formula is C12H11N5S. The Morgan fingerprint density at radius 1 is 1.28 bits per heavy atom. The highest BCUT2D eigenvalue weighted by Crippen LogP contribution is 2.15. The summed E-state index contributed by atoms with van der Waals surface area (Å²) in [6.07, 6.45) is 1.58. The number of hydrogen-bond acceptors (Lipinski definition) is 5. The molecule has 5 nitrogen and oxygen atoms in total. The summed E-state index contributed by atoms with van der Waals surface area (Å²) in [5.41, 5.74) is 3.28. The molecular weight excluding hydrogens is 246 g/mol. The van der Waals surface area contributed by atoms with Crippen molar-refractivity contribution in [3.63, 3.8) is 0 Å². The van der Waals surface area contributed by atoms with Crippen LogP contribution in [-0.2, 0) is 6.54 Å². The van der Waals surface area contributed by atoms with Crippen molar-refractivity contribution in [3.05, 3.63) is 53.0 Å². The summed E-state index contributed by atoms with van der Waals surface area (Å²) in [7, 11) is 0. The molecule has 0 amide bonds. The number of nitrogens with one attached hydrogen (secondary N) is 1. The zero-order valence-electron chi connectivity index (χ0n) is 9.52. The second-order valence-corrected chi connectivity index (χ2v) is 4.57. The Bertz CT molecular complexity index is 603. The van der Waals surface area contributed by atoms with E-state index in [9.17, 15) is 0 Å². The second-order valence-electron chi connectivity index (χ2n) is 3.79. The zero-order chi connectivity index (χ0) is 12.2. The van der Waals surface area contributed by atoms with E-state index in [2.05, 4.69) is 37.7 Å². The molecule has 0 unspecified atom stereocenters. The smallest absolute Gasteiger partial charge is 0.143 e. The molecule has 0 fully saturated rings. The van der Waals surface area contributed by atoms with Crippen LogP contribution in [0, 0.1) is 0 Å². The first-order chi connectivity index (χ1) is 8.92. The Balaban J connectivity index is 1.75. The average molecular weight is 257 g/mol. The van der Waals surface area contributed by atoms with Gasteiger partial charge in [0.2, 0.25) is 0 Å². The summed E-state index contributed by atoms with van der Waals surface area (Å²) in [5, 5.41) is 18.7. The Morgan fingerprint density at radius 3 is 3.06 bits per heavy atom. The number of aromatic nitrogens is 4. The Hall–Kier alpha value is -2.21. The van der Waals surface area contributed by atoms with Crippen molar-refractivity contribution in [2.24, 2.45) is 0 Å². The van der Waals surface area contributed by atoms with Crippen molar-refractivity contribution in [2.75, 3.05) is 5.32 Å². The van der Waals surface area contributed by atoms with Gasteiger partial charge in [-0.1, -0.05) is 6.07 Å². The number of hydrogen-bond donors (Lipinski definition) is 1. The standard InChI is InChI=1S/C12H11N5S/c1-2-11(13-7-10-4-5-18-8-10)6-12(3-1)17-9-14-15-16-17/h1-6,8-9,13H,7H2. The minimum absolute atomic E-state index is 0.822. The number of anilines is 1. The van der Waals surface area contributed by atoms with Crippen molar-refractivity contribution in [2.45, 2.75) is 6.54 Å². The maximum atomic E-state index is 3.87. The lowest BCUT2D eigenvalue weighted by Gasteiger charge is -2.06. The normalized spacial score (nSPS) is 10.4. The van der Waals surface area contributed by atoms with Crippen LogP contribution in [0.15, 0.2) is 47.4 Å². The highest BCUT2D eigenvalue weighted by molar-refractivity contribution is 7.07. The largest absolute Gasteiger partial charge is 0.381 e. The molecule has 0 aliphatic carbocycles. The lowest BCUT2D eigenvalue weighted by molar-refractivity contribution is 0.789. The molecule has 0 spiro atoms. The molecule has 1 aromatic carbocycles. The third-order valence-electron chi connectivity index (χ3n) is 2.54. The molecule has 3 aromatic rings. The first-order valence-corrected chi connectivity index (χ1v) is 6.44. The van der Waals surface area contributed by atoms with Crippen LogP contribution in [0.4, 0.5) is 5.69 Å². The molecule has 90 valence electrons. The quantitative estimate of drug-likeness (QED) is 0.779. The van der Waals surface area contributed by atoms with E-state index in [1.54, 1.807) is 22.3 Å². The summed E-state index contributed by atoms with van der Waals surface area (Å²) >= 11 is 1.71. The predicted octanol–water partition coefficient (Wildman–Crippen LogP) is 2.34. The van der Waals surface area contributed by atoms with E-state index >= 15 is 0 Å². The van der Waals surface area contributed by atoms with Gasteiger partial charge in [-0.3, -0.25) is 0 Å². The summed E-state index contributed by atoms with van der Waals surface area (Å²) in [6.45, 7) is 0.822. The lowest BCUT2D eigenvalue weighted by Crippen LogP contribution is -2.00. The van der Waals surface area contributed by atoms with Crippen LogP contribution in [0.1, 0.15) is 5.56 Å².